The first kappa shape index (κ1) is 17.5. The second kappa shape index (κ2) is 7.72. The number of hydrogen-bond acceptors (Lipinski definition) is 5. The molecule has 1 saturated carbocycles. The van der Waals surface area contributed by atoms with Gasteiger partial charge in [0.15, 0.2) is 25.1 Å². The van der Waals surface area contributed by atoms with Crippen LogP contribution in [0.3, 0.4) is 0 Å². The second-order valence-corrected chi connectivity index (χ2v) is 6.91. The lowest BCUT2D eigenvalue weighted by molar-refractivity contribution is 0.0320. The van der Waals surface area contributed by atoms with Gasteiger partial charge < -0.3 is 23.8 Å². The lowest BCUT2D eigenvalue weighted by Crippen LogP contribution is -2.43. The van der Waals surface area contributed by atoms with Crippen molar-refractivity contribution in [3.8, 4) is 11.5 Å². The minimum Gasteiger partial charge on any atom is -0.464 e. The summed E-state index contributed by atoms with van der Waals surface area (Å²) in [6.07, 6.45) is 6.40. The van der Waals surface area contributed by atoms with Crippen LogP contribution in [0.15, 0.2) is 18.2 Å². The zero-order valence-corrected chi connectivity index (χ0v) is 15.0. The van der Waals surface area contributed by atoms with Crippen molar-refractivity contribution < 1.29 is 18.9 Å². The van der Waals surface area contributed by atoms with E-state index in [-0.39, 0.29) is 19.0 Å². The van der Waals surface area contributed by atoms with Crippen molar-refractivity contribution in [2.45, 2.75) is 43.6 Å². The van der Waals surface area contributed by atoms with Crippen molar-refractivity contribution >= 4 is 0 Å². The van der Waals surface area contributed by atoms with Crippen LogP contribution in [0.4, 0.5) is 0 Å². The van der Waals surface area contributed by atoms with Crippen LogP contribution < -0.4 is 9.47 Å². The van der Waals surface area contributed by atoms with Crippen molar-refractivity contribution in [3.63, 3.8) is 0 Å². The monoisotopic (exact) mass is 335 g/mol. The number of ether oxygens (including phenoxy) is 4. The van der Waals surface area contributed by atoms with Crippen LogP contribution in [0.2, 0.25) is 0 Å². The summed E-state index contributed by atoms with van der Waals surface area (Å²) in [7, 11) is 5.50. The van der Waals surface area contributed by atoms with Crippen molar-refractivity contribution in [1.82, 2.24) is 4.90 Å². The predicted molar refractivity (Wildman–Crippen MR) is 92.6 cm³/mol. The minimum atomic E-state index is 0.208. The average Bonchev–Trinajstić information content (AvgIpc) is 2.97. The maximum atomic E-state index is 5.77. The fourth-order valence-electron chi connectivity index (χ4n) is 4.46. The molecule has 0 spiro atoms. The number of likely N-dealkylation sites (N-methyl/N-ethyl adjacent to an activating group) is 1. The van der Waals surface area contributed by atoms with Crippen LogP contribution >= 0.6 is 0 Å². The minimum absolute atomic E-state index is 0.208. The molecule has 1 heterocycles. The van der Waals surface area contributed by atoms with Gasteiger partial charge in [-0.05, 0) is 50.6 Å². The molecule has 1 aliphatic heterocycles. The second-order valence-electron chi connectivity index (χ2n) is 6.91. The molecule has 1 saturated heterocycles. The number of likely N-dealkylation sites (tertiary alicyclic amines) is 1. The lowest BCUT2D eigenvalue weighted by atomic mass is 9.66. The number of methoxy groups -OCH3 is 2. The van der Waals surface area contributed by atoms with Crippen molar-refractivity contribution in [3.05, 3.63) is 23.8 Å². The molecule has 1 aliphatic carbocycles. The third-order valence-electron chi connectivity index (χ3n) is 5.61. The first-order chi connectivity index (χ1) is 11.7. The SMILES string of the molecule is COCOc1ccc([C@@]23CCCCC2N(C)CC3)cc1OCOC. The molecule has 2 aliphatic rings. The van der Waals surface area contributed by atoms with E-state index in [0.29, 0.717) is 11.8 Å². The highest BCUT2D eigenvalue weighted by Crippen LogP contribution is 2.49. The Morgan fingerprint density at radius 3 is 2.54 bits per heavy atom. The predicted octanol–water partition coefficient (Wildman–Crippen LogP) is 3.17. The third-order valence-corrected chi connectivity index (χ3v) is 5.61. The van der Waals surface area contributed by atoms with E-state index < -0.39 is 0 Å². The van der Waals surface area contributed by atoms with Crippen LogP contribution in [0.5, 0.6) is 11.5 Å². The van der Waals surface area contributed by atoms with Crippen molar-refractivity contribution in [2.24, 2.45) is 0 Å². The van der Waals surface area contributed by atoms with Gasteiger partial charge in [-0.3, -0.25) is 0 Å². The number of hydrogen-bond donors (Lipinski definition) is 0. The molecule has 1 aromatic carbocycles. The number of fused-ring (bicyclic) bond motifs is 1. The normalized spacial score (nSPS) is 27.0. The Balaban J connectivity index is 1.92. The van der Waals surface area contributed by atoms with Gasteiger partial charge in [-0.25, -0.2) is 0 Å². The molecule has 5 heteroatoms. The van der Waals surface area contributed by atoms with Gasteiger partial charge in [-0.1, -0.05) is 18.9 Å². The summed E-state index contributed by atoms with van der Waals surface area (Å²) in [4.78, 5) is 2.53. The topological polar surface area (TPSA) is 40.2 Å². The zero-order valence-electron chi connectivity index (χ0n) is 15.0. The van der Waals surface area contributed by atoms with Gasteiger partial charge in [-0.15, -0.1) is 0 Å². The summed E-state index contributed by atoms with van der Waals surface area (Å²) in [6, 6.07) is 7.01. The van der Waals surface area contributed by atoms with E-state index in [2.05, 4.69) is 24.1 Å². The lowest BCUT2D eigenvalue weighted by Gasteiger charge is -2.42. The highest BCUT2D eigenvalue weighted by Gasteiger charge is 2.48. The molecule has 134 valence electrons. The fraction of sp³-hybridized carbons (Fsp3) is 0.684. The molecule has 0 radical (unpaired) electrons. The van der Waals surface area contributed by atoms with E-state index in [1.54, 1.807) is 14.2 Å². The Kier molecular flexibility index (Phi) is 5.64. The fourth-order valence-corrected chi connectivity index (χ4v) is 4.46. The average molecular weight is 335 g/mol. The van der Waals surface area contributed by atoms with Crippen LogP contribution in [0.25, 0.3) is 0 Å². The maximum absolute atomic E-state index is 5.77. The molecule has 0 aromatic heterocycles. The molecule has 5 nitrogen and oxygen atoms in total. The van der Waals surface area contributed by atoms with E-state index in [0.717, 1.165) is 5.75 Å². The number of nitrogens with zero attached hydrogens (tertiary/aromatic N) is 1. The molecule has 0 bridgehead atoms. The summed E-state index contributed by atoms with van der Waals surface area (Å²) >= 11 is 0. The summed E-state index contributed by atoms with van der Waals surface area (Å²) in [5.41, 5.74) is 1.62. The molecule has 2 atom stereocenters. The Morgan fingerprint density at radius 1 is 1.04 bits per heavy atom. The van der Waals surface area contributed by atoms with Gasteiger partial charge in [-0.2, -0.15) is 0 Å². The zero-order chi connectivity index (χ0) is 17.0. The van der Waals surface area contributed by atoms with Crippen molar-refractivity contribution in [1.29, 1.82) is 0 Å². The van der Waals surface area contributed by atoms with E-state index in [1.165, 1.54) is 44.2 Å². The summed E-state index contributed by atoms with van der Waals surface area (Å²) in [6.45, 7) is 1.59. The standard InChI is InChI=1S/C19H29NO4/c1-20-11-10-19(9-5-4-6-18(19)20)15-7-8-16(23-13-21-2)17(12-15)24-14-22-3/h7-8,12,18H,4-6,9-11,13-14H2,1-3H3/t18?,19-/m0/s1. The maximum Gasteiger partial charge on any atom is 0.188 e. The molecular weight excluding hydrogens is 306 g/mol. The summed E-state index contributed by atoms with van der Waals surface area (Å²) in [5.74, 6) is 1.44. The Morgan fingerprint density at radius 2 is 1.79 bits per heavy atom. The molecular formula is C19H29NO4. The number of benzene rings is 1. The van der Waals surface area contributed by atoms with Crippen LogP contribution in [-0.2, 0) is 14.9 Å². The van der Waals surface area contributed by atoms with Crippen LogP contribution in [0.1, 0.15) is 37.7 Å². The molecule has 1 aromatic rings. The Bertz CT molecular complexity index is 546. The third kappa shape index (κ3) is 3.25. The van der Waals surface area contributed by atoms with Gasteiger partial charge in [0.25, 0.3) is 0 Å². The Hall–Kier alpha value is -1.30. The quantitative estimate of drug-likeness (QED) is 0.716. The molecule has 0 N–H and O–H groups in total. The van der Waals surface area contributed by atoms with Gasteiger partial charge >= 0.3 is 0 Å². The highest BCUT2D eigenvalue weighted by molar-refractivity contribution is 5.46. The molecule has 0 amide bonds. The highest BCUT2D eigenvalue weighted by atomic mass is 16.7. The van der Waals surface area contributed by atoms with Gasteiger partial charge in [0, 0.05) is 25.7 Å². The first-order valence-electron chi connectivity index (χ1n) is 8.79. The molecule has 24 heavy (non-hydrogen) atoms. The van der Waals surface area contributed by atoms with E-state index in [4.69, 9.17) is 18.9 Å². The van der Waals surface area contributed by atoms with E-state index in [9.17, 15) is 0 Å². The van der Waals surface area contributed by atoms with Crippen molar-refractivity contribution in [2.75, 3.05) is 41.4 Å². The summed E-state index contributed by atoms with van der Waals surface area (Å²) in [5, 5.41) is 0. The Labute approximate surface area is 144 Å². The van der Waals surface area contributed by atoms with Crippen LogP contribution in [0, 0.1) is 0 Å². The van der Waals surface area contributed by atoms with Crippen LogP contribution in [-0.4, -0.2) is 52.3 Å². The molecule has 2 fully saturated rings. The first-order valence-corrected chi connectivity index (χ1v) is 8.79. The molecule has 3 rings (SSSR count). The molecule has 1 unspecified atom stereocenters. The van der Waals surface area contributed by atoms with Gasteiger partial charge in [0.1, 0.15) is 0 Å². The number of rotatable bonds is 7. The largest absolute Gasteiger partial charge is 0.464 e. The van der Waals surface area contributed by atoms with Gasteiger partial charge in [0.2, 0.25) is 0 Å². The van der Waals surface area contributed by atoms with E-state index >= 15 is 0 Å². The summed E-state index contributed by atoms with van der Waals surface area (Å²) < 4.78 is 21.5. The van der Waals surface area contributed by atoms with Gasteiger partial charge in [0.05, 0.1) is 0 Å². The smallest absolute Gasteiger partial charge is 0.188 e. The van der Waals surface area contributed by atoms with E-state index in [1.807, 2.05) is 6.07 Å².